The van der Waals surface area contributed by atoms with Crippen LogP contribution in [0.4, 0.5) is 10.6 Å². The number of aromatic nitrogens is 1. The van der Waals surface area contributed by atoms with Crippen molar-refractivity contribution in [2.45, 2.75) is 19.4 Å². The van der Waals surface area contributed by atoms with Crippen molar-refractivity contribution in [3.8, 4) is 11.5 Å². The maximum absolute atomic E-state index is 11.8. The summed E-state index contributed by atoms with van der Waals surface area (Å²) >= 11 is 0. The molecule has 1 amide bonds. The van der Waals surface area contributed by atoms with Gasteiger partial charge in [-0.2, -0.15) is 0 Å². The van der Waals surface area contributed by atoms with E-state index < -0.39 is 12.1 Å². The molecule has 0 atom stereocenters. The molecule has 31 heavy (non-hydrogen) atoms. The number of nitrogens with zero attached hydrogens (tertiary/aromatic N) is 3. The highest BCUT2D eigenvalue weighted by Crippen LogP contribution is 2.19. The summed E-state index contributed by atoms with van der Waals surface area (Å²) in [5, 5.41) is 11.1. The lowest BCUT2D eigenvalue weighted by Crippen LogP contribution is -2.32. The van der Waals surface area contributed by atoms with E-state index in [0.717, 1.165) is 30.2 Å². The maximum Gasteiger partial charge on any atom is 0.412 e. The largest absolute Gasteiger partial charge is 0.497 e. The number of likely N-dealkylation sites (N-methyl/N-ethyl adjacent to an activating group) is 1. The number of pyridine rings is 1. The third-order valence-electron chi connectivity index (χ3n) is 4.44. The number of aliphatic carboxylic acids is 1. The number of ether oxygens (including phenoxy) is 2. The van der Waals surface area contributed by atoms with Crippen molar-refractivity contribution >= 4 is 17.9 Å². The fraction of sp³-hybridized carbons (Fsp3) is 0.409. The van der Waals surface area contributed by atoms with Crippen LogP contribution in [0.15, 0.2) is 42.6 Å². The molecule has 0 radical (unpaired) electrons. The molecule has 2 N–H and O–H groups in total. The van der Waals surface area contributed by atoms with Gasteiger partial charge in [0.05, 0.1) is 13.3 Å². The molecule has 0 saturated heterocycles. The first-order chi connectivity index (χ1) is 14.9. The molecule has 1 aromatic heterocycles. The summed E-state index contributed by atoms with van der Waals surface area (Å²) in [4.78, 5) is 31.0. The van der Waals surface area contributed by atoms with Crippen molar-refractivity contribution in [1.29, 1.82) is 0 Å². The Morgan fingerprint density at radius 2 is 1.77 bits per heavy atom. The Morgan fingerprint density at radius 1 is 1.06 bits per heavy atom. The van der Waals surface area contributed by atoms with Crippen LogP contribution in [0, 0.1) is 0 Å². The predicted octanol–water partition coefficient (Wildman–Crippen LogP) is 2.61. The van der Waals surface area contributed by atoms with E-state index in [4.69, 9.17) is 14.6 Å². The summed E-state index contributed by atoms with van der Waals surface area (Å²) in [6, 6.07) is 11.4. The van der Waals surface area contributed by atoms with E-state index in [-0.39, 0.29) is 13.0 Å². The van der Waals surface area contributed by atoms with Gasteiger partial charge >= 0.3 is 12.1 Å². The lowest BCUT2D eigenvalue weighted by molar-refractivity contribution is -0.137. The van der Waals surface area contributed by atoms with Gasteiger partial charge in [0.1, 0.15) is 11.6 Å². The van der Waals surface area contributed by atoms with Crippen LogP contribution in [-0.4, -0.2) is 67.9 Å². The average Bonchev–Trinajstić information content (AvgIpc) is 2.75. The zero-order valence-electron chi connectivity index (χ0n) is 18.2. The van der Waals surface area contributed by atoms with E-state index in [1.54, 1.807) is 13.2 Å². The van der Waals surface area contributed by atoms with Gasteiger partial charge < -0.3 is 29.7 Å². The minimum absolute atomic E-state index is 0.00644. The number of carboxylic acids is 1. The topological polar surface area (TPSA) is 104 Å². The highest BCUT2D eigenvalue weighted by molar-refractivity contribution is 5.70. The first kappa shape index (κ1) is 23.9. The Kier molecular flexibility index (Phi) is 9.57. The summed E-state index contributed by atoms with van der Waals surface area (Å²) in [5.41, 5.74) is 1.13. The normalized spacial score (nSPS) is 10.6. The van der Waals surface area contributed by atoms with E-state index >= 15 is 0 Å². The molecule has 168 valence electrons. The number of hydrogen-bond acceptors (Lipinski definition) is 7. The molecule has 9 heteroatoms. The number of nitrogens with one attached hydrogen (secondary N) is 1. The van der Waals surface area contributed by atoms with Gasteiger partial charge in [-0.25, -0.2) is 9.78 Å². The highest BCUT2D eigenvalue weighted by atomic mass is 16.6. The van der Waals surface area contributed by atoms with Crippen molar-refractivity contribution in [3.05, 3.63) is 48.2 Å². The molecular weight excluding hydrogens is 400 g/mol. The second kappa shape index (κ2) is 12.4. The second-order valence-corrected chi connectivity index (χ2v) is 7.24. The Balaban J connectivity index is 1.98. The number of carbonyl (C=O) groups excluding carboxylic acids is 1. The molecule has 0 aliphatic heterocycles. The number of hydrogen-bond donors (Lipinski definition) is 2. The Bertz CT molecular complexity index is 825. The number of benzene rings is 1. The molecule has 0 spiro atoms. The second-order valence-electron chi connectivity index (χ2n) is 7.24. The van der Waals surface area contributed by atoms with Gasteiger partial charge in [-0.1, -0.05) is 12.1 Å². The van der Waals surface area contributed by atoms with E-state index in [2.05, 4.69) is 20.1 Å². The molecule has 0 bridgehead atoms. The molecule has 0 fully saturated rings. The van der Waals surface area contributed by atoms with Crippen LogP contribution in [0.2, 0.25) is 0 Å². The molecule has 0 aliphatic carbocycles. The lowest BCUT2D eigenvalue weighted by atomic mass is 10.2. The summed E-state index contributed by atoms with van der Waals surface area (Å²) in [5.74, 6) is 0.997. The first-order valence-electron chi connectivity index (χ1n) is 10.0. The van der Waals surface area contributed by atoms with Gasteiger partial charge in [-0.3, -0.25) is 4.79 Å². The molecule has 2 aromatic rings. The number of rotatable bonds is 12. The van der Waals surface area contributed by atoms with Gasteiger partial charge in [0, 0.05) is 32.6 Å². The van der Waals surface area contributed by atoms with E-state index in [9.17, 15) is 9.59 Å². The molecule has 0 aliphatic rings. The van der Waals surface area contributed by atoms with E-state index in [1.165, 1.54) is 6.20 Å². The summed E-state index contributed by atoms with van der Waals surface area (Å²) < 4.78 is 10.4. The van der Waals surface area contributed by atoms with Crippen LogP contribution in [0.3, 0.4) is 0 Å². The molecule has 9 nitrogen and oxygen atoms in total. The highest BCUT2D eigenvalue weighted by Gasteiger charge is 2.11. The Morgan fingerprint density at radius 3 is 2.35 bits per heavy atom. The molecule has 1 aromatic carbocycles. The van der Waals surface area contributed by atoms with Crippen molar-refractivity contribution in [2.75, 3.05) is 45.7 Å². The minimum atomic E-state index is -0.900. The number of carbonyl (C=O) groups is 2. The number of methoxy groups -OCH3 is 1. The quantitative estimate of drug-likeness (QED) is 0.495. The number of carboxylic acid groups (broad SMARTS) is 1. The summed E-state index contributed by atoms with van der Waals surface area (Å²) in [7, 11) is 5.68. The van der Waals surface area contributed by atoms with Crippen LogP contribution in [0.25, 0.3) is 0 Å². The van der Waals surface area contributed by atoms with Gasteiger partial charge in [-0.15, -0.1) is 0 Å². The summed E-state index contributed by atoms with van der Waals surface area (Å²) in [6.45, 7) is 2.54. The van der Waals surface area contributed by atoms with E-state index in [1.807, 2.05) is 44.4 Å². The van der Waals surface area contributed by atoms with Crippen LogP contribution >= 0.6 is 0 Å². The average molecular weight is 431 g/mol. The molecule has 0 saturated carbocycles. The predicted molar refractivity (Wildman–Crippen MR) is 118 cm³/mol. The first-order valence-corrected chi connectivity index (χ1v) is 10.0. The van der Waals surface area contributed by atoms with Gasteiger partial charge in [0.15, 0.2) is 5.75 Å². The fourth-order valence-corrected chi connectivity index (χ4v) is 2.74. The Labute approximate surface area is 182 Å². The fourth-order valence-electron chi connectivity index (χ4n) is 2.74. The third kappa shape index (κ3) is 8.91. The van der Waals surface area contributed by atoms with Crippen molar-refractivity contribution in [2.24, 2.45) is 0 Å². The van der Waals surface area contributed by atoms with Gasteiger partial charge in [-0.05, 0) is 50.3 Å². The van der Waals surface area contributed by atoms with Crippen molar-refractivity contribution in [1.82, 2.24) is 15.2 Å². The summed E-state index contributed by atoms with van der Waals surface area (Å²) in [6.07, 6.45) is 1.20. The van der Waals surface area contributed by atoms with Crippen molar-refractivity contribution < 1.29 is 24.2 Å². The standard InChI is InChI=1S/C22H30N4O5/c1-25(2)13-14-26(16-17-6-8-18(30-3)9-7-17)20-11-10-19(15-24-20)31-22(29)23-12-4-5-21(27)28/h6-11,15H,4-5,12-14,16H2,1-3H3,(H,23,29)(H,27,28). The zero-order valence-corrected chi connectivity index (χ0v) is 18.2. The maximum atomic E-state index is 11.8. The molecule has 1 heterocycles. The van der Waals surface area contributed by atoms with Crippen molar-refractivity contribution in [3.63, 3.8) is 0 Å². The Hall–Kier alpha value is -3.33. The van der Waals surface area contributed by atoms with Crippen LogP contribution in [0.5, 0.6) is 11.5 Å². The van der Waals surface area contributed by atoms with Crippen LogP contribution in [-0.2, 0) is 11.3 Å². The zero-order chi connectivity index (χ0) is 22.6. The van der Waals surface area contributed by atoms with Gasteiger partial charge in [0.25, 0.3) is 0 Å². The molecule has 0 unspecified atom stereocenters. The van der Waals surface area contributed by atoms with Gasteiger partial charge in [0.2, 0.25) is 0 Å². The number of amides is 1. The lowest BCUT2D eigenvalue weighted by Gasteiger charge is -2.25. The molecule has 2 rings (SSSR count). The van der Waals surface area contributed by atoms with E-state index in [0.29, 0.717) is 18.7 Å². The smallest absolute Gasteiger partial charge is 0.412 e. The number of anilines is 1. The third-order valence-corrected chi connectivity index (χ3v) is 4.44. The van der Waals surface area contributed by atoms with Crippen LogP contribution < -0.4 is 19.7 Å². The molecular formula is C22H30N4O5. The SMILES string of the molecule is COc1ccc(CN(CCN(C)C)c2ccc(OC(=O)NCCCC(=O)O)cn2)cc1. The minimum Gasteiger partial charge on any atom is -0.497 e. The van der Waals surface area contributed by atoms with Crippen LogP contribution in [0.1, 0.15) is 18.4 Å². The monoisotopic (exact) mass is 430 g/mol.